The van der Waals surface area contributed by atoms with Crippen molar-refractivity contribution in [2.75, 3.05) is 65.7 Å². The van der Waals surface area contributed by atoms with E-state index in [0.29, 0.717) is 37.3 Å². The van der Waals surface area contributed by atoms with E-state index in [9.17, 15) is 43.5 Å². The number of aliphatic carboxylic acids is 1. The smallest absolute Gasteiger partial charge is 0.407 e. The van der Waals surface area contributed by atoms with Crippen molar-refractivity contribution in [3.8, 4) is 0 Å². The van der Waals surface area contributed by atoms with Gasteiger partial charge < -0.3 is 58.7 Å². The molecule has 6 rings (SSSR count). The Hall–Kier alpha value is -4.52. The molecule has 2 aromatic rings. The van der Waals surface area contributed by atoms with Crippen molar-refractivity contribution in [3.63, 3.8) is 0 Å². The molecule has 4 amide bonds. The van der Waals surface area contributed by atoms with Gasteiger partial charge in [0.15, 0.2) is 29.7 Å². The second-order valence-electron chi connectivity index (χ2n) is 16.2. The Balaban J connectivity index is 0.000000248. The van der Waals surface area contributed by atoms with Crippen LogP contribution in [0.1, 0.15) is 61.3 Å². The highest BCUT2D eigenvalue weighted by Crippen LogP contribution is 2.37. The SMILES string of the molecule is COC(=O)N[C@H](C(=O)N1CC2(C[C@H]1C(=O)O)OCCO2)C(C)C.COC(=O)N[C@H](C(=O)N1CC2(C[C@H]1C(=O)OCC(=O)c1ccc(Br)cc1)OCCO2)C(C)C.O=C(CBr)c1ccc(Br)cc1. The molecule has 4 atom stereocenters. The van der Waals surface area contributed by atoms with Gasteiger partial charge in [0.25, 0.3) is 0 Å². The first-order chi connectivity index (χ1) is 31.7. The van der Waals surface area contributed by atoms with E-state index in [2.05, 4.69) is 67.9 Å². The fourth-order valence-electron chi connectivity index (χ4n) is 7.41. The predicted molar refractivity (Wildman–Crippen MR) is 247 cm³/mol. The first kappa shape index (κ1) is 55.1. The monoisotopic (exact) mass is 1130 g/mol. The Morgan fingerprint density at radius 2 is 1.03 bits per heavy atom. The average Bonchev–Trinajstić information content (AvgIpc) is 4.14. The number of hydrogen-bond acceptors (Lipinski definition) is 15. The summed E-state index contributed by atoms with van der Waals surface area (Å²) in [6, 6.07) is 10.1. The van der Waals surface area contributed by atoms with Gasteiger partial charge in [0, 0.05) is 32.9 Å². The Morgan fingerprint density at radius 3 is 1.39 bits per heavy atom. The number of ketones is 2. The largest absolute Gasteiger partial charge is 0.480 e. The first-order valence-electron chi connectivity index (χ1n) is 21.1. The number of esters is 1. The zero-order chi connectivity index (χ0) is 49.6. The van der Waals surface area contributed by atoms with Crippen LogP contribution in [0.3, 0.4) is 0 Å². The number of carboxylic acids is 1. The second-order valence-corrected chi connectivity index (χ2v) is 18.6. The summed E-state index contributed by atoms with van der Waals surface area (Å²) in [5, 5.41) is 14.8. The lowest BCUT2D eigenvalue weighted by atomic mass is 10.0. The van der Waals surface area contributed by atoms with Gasteiger partial charge in [-0.1, -0.05) is 99.8 Å². The number of carboxylic acid groups (broad SMARTS) is 1. The molecule has 3 N–H and O–H groups in total. The van der Waals surface area contributed by atoms with E-state index in [0.717, 1.165) is 14.5 Å². The Morgan fingerprint density at radius 1 is 0.657 bits per heavy atom. The maximum atomic E-state index is 13.4. The quantitative estimate of drug-likeness (QED) is 0.106. The van der Waals surface area contributed by atoms with Gasteiger partial charge >= 0.3 is 24.1 Å². The molecule has 23 heteroatoms. The summed E-state index contributed by atoms with van der Waals surface area (Å²) in [4.78, 5) is 99.8. The highest BCUT2D eigenvalue weighted by molar-refractivity contribution is 9.10. The van der Waals surface area contributed by atoms with Gasteiger partial charge in [0.2, 0.25) is 11.8 Å². The summed E-state index contributed by atoms with van der Waals surface area (Å²) in [6.45, 7) is 7.97. The molecule has 20 nitrogen and oxygen atoms in total. The molecule has 0 aromatic heterocycles. The van der Waals surface area contributed by atoms with Crippen LogP contribution >= 0.6 is 47.8 Å². The number of carbonyl (C=O) groups is 8. The molecule has 368 valence electrons. The molecule has 0 bridgehead atoms. The normalized spacial score (nSPS) is 19.7. The minimum absolute atomic E-state index is 0.00166. The first-order valence-corrected chi connectivity index (χ1v) is 23.8. The summed E-state index contributed by atoms with van der Waals surface area (Å²) in [6.07, 6.45) is -1.38. The molecule has 4 heterocycles. The van der Waals surface area contributed by atoms with Crippen LogP contribution in [0.15, 0.2) is 57.5 Å². The minimum Gasteiger partial charge on any atom is -0.480 e. The third kappa shape index (κ3) is 15.0. The van der Waals surface area contributed by atoms with Crippen LogP contribution in [0.25, 0.3) is 0 Å². The molecule has 4 fully saturated rings. The number of alkyl carbamates (subject to hydrolysis) is 2. The van der Waals surface area contributed by atoms with Crippen LogP contribution in [-0.2, 0) is 52.3 Å². The van der Waals surface area contributed by atoms with Crippen molar-refractivity contribution >= 4 is 95.3 Å². The number of nitrogens with one attached hydrogen (secondary N) is 2. The van der Waals surface area contributed by atoms with Gasteiger partial charge in [-0.2, -0.15) is 0 Å². The molecule has 0 saturated carbocycles. The lowest BCUT2D eigenvalue weighted by Gasteiger charge is -2.29. The number of hydrogen-bond donors (Lipinski definition) is 3. The molecule has 4 saturated heterocycles. The predicted octanol–water partition coefficient (Wildman–Crippen LogP) is 4.72. The van der Waals surface area contributed by atoms with Crippen LogP contribution in [0.4, 0.5) is 9.59 Å². The molecular formula is C44H55Br3N4O16. The Kier molecular flexibility index (Phi) is 20.7. The van der Waals surface area contributed by atoms with Gasteiger partial charge in [-0.25, -0.2) is 19.2 Å². The molecule has 0 radical (unpaired) electrons. The van der Waals surface area contributed by atoms with Crippen molar-refractivity contribution in [1.82, 2.24) is 20.4 Å². The van der Waals surface area contributed by atoms with Crippen LogP contribution < -0.4 is 10.6 Å². The van der Waals surface area contributed by atoms with Crippen LogP contribution in [0.2, 0.25) is 0 Å². The number of Topliss-reactive ketones (excluding diaryl/α,β-unsaturated/α-hetero) is 2. The van der Waals surface area contributed by atoms with Crippen molar-refractivity contribution in [2.24, 2.45) is 11.8 Å². The number of halogens is 3. The number of alkyl halides is 1. The van der Waals surface area contributed by atoms with E-state index < -0.39 is 78.3 Å². The number of amides is 4. The standard InChI is InChI=1S/C22H27BrN2O8.C14H22N2O7.C8H6Br2O/c1-13(2)18(24-21(29)30-3)19(27)25-12-22(32-8-9-33-22)10-16(25)20(28)31-11-17(26)14-4-6-15(23)7-5-14;1-8(2)10(15-13(20)21-3)11(17)16-7-14(22-4-5-23-14)6-9(16)12(18)19;9-5-8(11)6-1-3-7(10)4-2-6/h4-7,13,16,18H,8-12H2,1-3H3,(H,24,29);8-10H,4-7H2,1-3H3,(H,15,20)(H,18,19);1-4H,5H2/t16-,18-;9-,10-;/m00./s1. The zero-order valence-corrected chi connectivity index (χ0v) is 42.5. The van der Waals surface area contributed by atoms with Gasteiger partial charge in [-0.05, 0) is 36.1 Å². The van der Waals surface area contributed by atoms with Gasteiger partial charge in [-0.3, -0.25) is 19.2 Å². The molecule has 2 spiro atoms. The highest BCUT2D eigenvalue weighted by atomic mass is 79.9. The maximum absolute atomic E-state index is 13.4. The molecule has 0 aliphatic carbocycles. The summed E-state index contributed by atoms with van der Waals surface area (Å²) in [5.74, 6) is -5.83. The van der Waals surface area contributed by atoms with Crippen molar-refractivity contribution in [2.45, 2.75) is 76.3 Å². The van der Waals surface area contributed by atoms with Crippen molar-refractivity contribution < 1.29 is 76.6 Å². The fraction of sp³-hybridized carbons (Fsp3) is 0.545. The summed E-state index contributed by atoms with van der Waals surface area (Å²) < 4.78 is 38.7. The average molecular weight is 1140 g/mol. The van der Waals surface area contributed by atoms with E-state index in [1.54, 1.807) is 64.1 Å². The third-order valence-electron chi connectivity index (χ3n) is 10.9. The topological polar surface area (TPSA) is 252 Å². The zero-order valence-electron chi connectivity index (χ0n) is 37.8. The summed E-state index contributed by atoms with van der Waals surface area (Å²) in [5.41, 5.74) is 1.14. The number of carbonyl (C=O) groups excluding carboxylic acids is 7. The maximum Gasteiger partial charge on any atom is 0.407 e. The lowest BCUT2D eigenvalue weighted by molar-refractivity contribution is -0.153. The Bertz CT molecular complexity index is 2080. The number of rotatable bonds is 13. The van der Waals surface area contributed by atoms with Crippen molar-refractivity contribution in [1.29, 1.82) is 0 Å². The molecule has 0 unspecified atom stereocenters. The fourth-order valence-corrected chi connectivity index (χ4v) is 8.26. The van der Waals surface area contributed by atoms with Gasteiger partial charge in [0.05, 0.1) is 59.1 Å². The lowest BCUT2D eigenvalue weighted by Crippen LogP contribution is -2.54. The van der Waals surface area contributed by atoms with Crippen LogP contribution in [0, 0.1) is 11.8 Å². The van der Waals surface area contributed by atoms with E-state index in [-0.39, 0.29) is 49.3 Å². The molecule has 4 aliphatic rings. The Labute approximate surface area is 412 Å². The number of nitrogens with zero attached hydrogens (tertiary/aromatic N) is 2. The van der Waals surface area contributed by atoms with Crippen LogP contribution in [0.5, 0.6) is 0 Å². The van der Waals surface area contributed by atoms with E-state index in [1.165, 1.54) is 24.0 Å². The van der Waals surface area contributed by atoms with E-state index in [1.807, 2.05) is 12.1 Å². The molecular weight excluding hydrogens is 1080 g/mol. The third-order valence-corrected chi connectivity index (χ3v) is 12.5. The highest BCUT2D eigenvalue weighted by Gasteiger charge is 2.55. The number of ether oxygens (including phenoxy) is 7. The van der Waals surface area contributed by atoms with E-state index >= 15 is 0 Å². The van der Waals surface area contributed by atoms with Gasteiger partial charge in [0.1, 0.15) is 24.2 Å². The number of benzene rings is 2. The van der Waals surface area contributed by atoms with Gasteiger partial charge in [-0.15, -0.1) is 0 Å². The van der Waals surface area contributed by atoms with Crippen molar-refractivity contribution in [3.05, 3.63) is 68.6 Å². The van der Waals surface area contributed by atoms with Crippen LogP contribution in [-0.4, -0.2) is 164 Å². The number of likely N-dealkylation sites (tertiary alicyclic amines) is 2. The molecule has 4 aliphatic heterocycles. The number of methoxy groups -OCH3 is 2. The van der Waals surface area contributed by atoms with E-state index in [4.69, 9.17) is 23.7 Å². The minimum atomic E-state index is -1.13. The second kappa shape index (κ2) is 25.2. The molecule has 67 heavy (non-hydrogen) atoms. The summed E-state index contributed by atoms with van der Waals surface area (Å²) in [7, 11) is 2.40. The molecule has 2 aromatic carbocycles. The summed E-state index contributed by atoms with van der Waals surface area (Å²) >= 11 is 9.70.